The molecule has 0 aromatic rings. The molecular weight excluding hydrogens is 198 g/mol. The summed E-state index contributed by atoms with van der Waals surface area (Å²) in [6.45, 7) is 12.8. The second-order valence-electron chi connectivity index (χ2n) is 7.51. The maximum Gasteiger partial charge on any atom is 0.155 e. The Morgan fingerprint density at radius 1 is 1.06 bits per heavy atom. The van der Waals surface area contributed by atoms with E-state index in [1.807, 2.05) is 20.8 Å². The molecule has 0 aromatic heterocycles. The number of ketones is 1. The lowest BCUT2D eigenvalue weighted by atomic mass is 9.84. The predicted octanol–water partition coefficient (Wildman–Crippen LogP) is 2.86. The topological polar surface area (TPSA) is 20.3 Å². The molecule has 0 N–H and O–H groups in total. The number of hydrogen-bond acceptors (Lipinski definition) is 2. The van der Waals surface area contributed by atoms with Crippen LogP contribution in [0.2, 0.25) is 0 Å². The Kier molecular flexibility index (Phi) is 2.51. The summed E-state index contributed by atoms with van der Waals surface area (Å²) < 4.78 is 0. The van der Waals surface area contributed by atoms with Crippen molar-refractivity contribution >= 4 is 5.78 Å². The van der Waals surface area contributed by atoms with E-state index in [1.54, 1.807) is 0 Å². The minimum absolute atomic E-state index is 0.126. The van der Waals surface area contributed by atoms with Crippen molar-refractivity contribution in [3.05, 3.63) is 0 Å². The Hall–Kier alpha value is -0.370. The van der Waals surface area contributed by atoms with E-state index in [0.717, 1.165) is 12.3 Å². The number of piperidine rings is 1. The molecule has 0 spiro atoms. The molecule has 0 aromatic carbocycles. The van der Waals surface area contributed by atoms with Gasteiger partial charge in [-0.05, 0) is 39.5 Å². The summed E-state index contributed by atoms with van der Waals surface area (Å²) in [6, 6.07) is 0.861. The summed E-state index contributed by atoms with van der Waals surface area (Å²) in [7, 11) is 0. The summed E-state index contributed by atoms with van der Waals surface area (Å²) in [5, 5.41) is 0. The van der Waals surface area contributed by atoms with Gasteiger partial charge in [-0.25, -0.2) is 0 Å². The molecule has 0 amide bonds. The van der Waals surface area contributed by atoms with Gasteiger partial charge in [-0.3, -0.25) is 9.69 Å². The van der Waals surface area contributed by atoms with Gasteiger partial charge in [-0.1, -0.05) is 20.8 Å². The van der Waals surface area contributed by atoms with Gasteiger partial charge >= 0.3 is 0 Å². The van der Waals surface area contributed by atoms with Crippen LogP contribution in [0.4, 0.5) is 0 Å². The lowest BCUT2D eigenvalue weighted by Crippen LogP contribution is -2.52. The molecule has 2 heteroatoms. The van der Waals surface area contributed by atoms with Gasteiger partial charge in [0.25, 0.3) is 0 Å². The maximum atomic E-state index is 12.4. The van der Waals surface area contributed by atoms with Crippen LogP contribution in [-0.4, -0.2) is 28.3 Å². The molecule has 1 saturated carbocycles. The van der Waals surface area contributed by atoms with Crippen molar-refractivity contribution < 1.29 is 4.79 Å². The average Bonchev–Trinajstić information content (AvgIpc) is 2.71. The molecule has 1 aliphatic heterocycles. The lowest BCUT2D eigenvalue weighted by molar-refractivity contribution is -0.133. The highest BCUT2D eigenvalue weighted by atomic mass is 16.1. The third-order valence-electron chi connectivity index (χ3n) is 3.92. The van der Waals surface area contributed by atoms with E-state index < -0.39 is 0 Å². The Morgan fingerprint density at radius 3 is 2.06 bits per heavy atom. The number of rotatable bonds is 1. The summed E-state index contributed by atoms with van der Waals surface area (Å²) in [6.07, 6.45) is 2.41. The molecule has 2 nitrogen and oxygen atoms in total. The molecule has 0 bridgehead atoms. The monoisotopic (exact) mass is 223 g/mol. The molecular formula is C14H25NO. The summed E-state index contributed by atoms with van der Waals surface area (Å²) in [5.74, 6) is 1.23. The molecule has 2 rings (SSSR count). The van der Waals surface area contributed by atoms with Crippen LogP contribution in [0.3, 0.4) is 0 Å². The van der Waals surface area contributed by atoms with E-state index in [0.29, 0.717) is 11.8 Å². The van der Waals surface area contributed by atoms with Crippen molar-refractivity contribution in [1.82, 2.24) is 4.90 Å². The Labute approximate surface area is 99.4 Å². The van der Waals surface area contributed by atoms with Crippen LogP contribution in [0.15, 0.2) is 0 Å². The number of hydrogen-bond donors (Lipinski definition) is 0. The van der Waals surface area contributed by atoms with E-state index in [1.165, 1.54) is 6.42 Å². The van der Waals surface area contributed by atoms with E-state index in [9.17, 15) is 4.79 Å². The maximum absolute atomic E-state index is 12.4. The molecule has 3 atom stereocenters. The van der Waals surface area contributed by atoms with Gasteiger partial charge in [0.15, 0.2) is 5.78 Å². The molecule has 92 valence electrons. The fourth-order valence-electron chi connectivity index (χ4n) is 3.16. The van der Waals surface area contributed by atoms with Crippen LogP contribution < -0.4 is 0 Å². The van der Waals surface area contributed by atoms with Crippen LogP contribution in [0, 0.1) is 11.3 Å². The second kappa shape index (κ2) is 3.32. The first kappa shape index (κ1) is 12.1. The molecule has 1 heterocycles. The third kappa shape index (κ3) is 1.92. The first-order valence-electron chi connectivity index (χ1n) is 6.45. The largest absolute Gasteiger partial charge is 0.297 e. The fourth-order valence-corrected chi connectivity index (χ4v) is 3.16. The highest BCUT2D eigenvalue weighted by Crippen LogP contribution is 2.51. The zero-order valence-electron chi connectivity index (χ0n) is 11.5. The van der Waals surface area contributed by atoms with Crippen molar-refractivity contribution in [2.45, 2.75) is 72.0 Å². The fraction of sp³-hybridized carbons (Fsp3) is 0.929. The van der Waals surface area contributed by atoms with Gasteiger partial charge < -0.3 is 0 Å². The number of likely N-dealkylation sites (tertiary alicyclic amines) is 1. The van der Waals surface area contributed by atoms with Crippen molar-refractivity contribution in [3.63, 3.8) is 0 Å². The van der Waals surface area contributed by atoms with Gasteiger partial charge in [-0.2, -0.15) is 0 Å². The van der Waals surface area contributed by atoms with E-state index in [2.05, 4.69) is 25.7 Å². The smallest absolute Gasteiger partial charge is 0.155 e. The summed E-state index contributed by atoms with van der Waals surface area (Å²) in [4.78, 5) is 14.9. The molecule has 1 saturated heterocycles. The van der Waals surface area contributed by atoms with E-state index >= 15 is 0 Å². The van der Waals surface area contributed by atoms with Gasteiger partial charge in [0.1, 0.15) is 0 Å². The Bertz CT molecular complexity index is 308. The third-order valence-corrected chi connectivity index (χ3v) is 3.92. The van der Waals surface area contributed by atoms with Gasteiger partial charge in [0, 0.05) is 17.0 Å². The van der Waals surface area contributed by atoms with Crippen LogP contribution in [-0.2, 0) is 4.79 Å². The first-order valence-corrected chi connectivity index (χ1v) is 6.45. The van der Waals surface area contributed by atoms with Gasteiger partial charge in [-0.15, -0.1) is 0 Å². The molecule has 0 unspecified atom stereocenters. The number of nitrogens with zero attached hydrogens (tertiary/aromatic N) is 1. The van der Waals surface area contributed by atoms with Crippen molar-refractivity contribution in [3.8, 4) is 0 Å². The van der Waals surface area contributed by atoms with Gasteiger partial charge in [0.05, 0.1) is 6.04 Å². The molecule has 16 heavy (non-hydrogen) atoms. The standard InChI is InChI=1S/C14H25NO/c1-13(2,3)12(16)11-8-9-7-10(9)15(11)14(4,5)6/h9-11H,7-8H2,1-6H3/t9-,10-,11+/m1/s1. The number of carbonyl (C=O) groups excluding carboxylic acids is 1. The highest BCUT2D eigenvalue weighted by molar-refractivity contribution is 5.89. The number of fused-ring (bicyclic) bond motifs is 1. The lowest BCUT2D eigenvalue weighted by Gasteiger charge is -2.40. The minimum Gasteiger partial charge on any atom is -0.297 e. The molecule has 0 radical (unpaired) electrons. The Morgan fingerprint density at radius 2 is 1.62 bits per heavy atom. The minimum atomic E-state index is -0.203. The SMILES string of the molecule is CC(C)(C)C(=O)[C@@H]1C[C@H]2C[C@H]2N1C(C)(C)C. The first-order chi connectivity index (χ1) is 7.12. The quantitative estimate of drug-likeness (QED) is 0.681. The summed E-state index contributed by atoms with van der Waals surface area (Å²) in [5.41, 5.74) is -0.0769. The predicted molar refractivity (Wildman–Crippen MR) is 66.4 cm³/mol. The van der Waals surface area contributed by atoms with Crippen molar-refractivity contribution in [1.29, 1.82) is 0 Å². The van der Waals surface area contributed by atoms with E-state index in [-0.39, 0.29) is 17.0 Å². The van der Waals surface area contributed by atoms with E-state index in [4.69, 9.17) is 0 Å². The summed E-state index contributed by atoms with van der Waals surface area (Å²) >= 11 is 0. The van der Waals surface area contributed by atoms with Gasteiger partial charge in [0.2, 0.25) is 0 Å². The highest BCUT2D eigenvalue weighted by Gasteiger charge is 2.57. The van der Waals surface area contributed by atoms with Crippen molar-refractivity contribution in [2.75, 3.05) is 0 Å². The number of carbonyl (C=O) groups is 1. The van der Waals surface area contributed by atoms with Crippen LogP contribution in [0.5, 0.6) is 0 Å². The van der Waals surface area contributed by atoms with Crippen LogP contribution >= 0.6 is 0 Å². The van der Waals surface area contributed by atoms with Crippen LogP contribution in [0.25, 0.3) is 0 Å². The Balaban J connectivity index is 2.20. The number of Topliss-reactive ketones (excluding diaryl/α,β-unsaturated/α-hetero) is 1. The van der Waals surface area contributed by atoms with Crippen molar-refractivity contribution in [2.24, 2.45) is 11.3 Å². The molecule has 1 aliphatic carbocycles. The zero-order valence-corrected chi connectivity index (χ0v) is 11.5. The molecule has 2 fully saturated rings. The van der Waals surface area contributed by atoms with Crippen LogP contribution in [0.1, 0.15) is 54.4 Å². The normalized spacial score (nSPS) is 35.0. The second-order valence-corrected chi connectivity index (χ2v) is 7.51. The molecule has 2 aliphatic rings. The zero-order chi connectivity index (χ0) is 12.3. The average molecular weight is 223 g/mol.